The molecule has 3 aromatic carbocycles. The summed E-state index contributed by atoms with van der Waals surface area (Å²) in [7, 11) is 1.50. The van der Waals surface area contributed by atoms with E-state index in [2.05, 4.69) is 15.5 Å². The number of pyridine rings is 1. The number of phenols is 1. The molecule has 0 saturated heterocycles. The van der Waals surface area contributed by atoms with E-state index >= 15 is 0 Å². The number of rotatable bonds is 5. The lowest BCUT2D eigenvalue weighted by Crippen LogP contribution is -2.20. The zero-order chi connectivity index (χ0) is 20.8. The molecule has 0 aliphatic carbocycles. The Bertz CT molecular complexity index is 1220. The number of fused-ring (bicyclic) bond motifs is 1. The van der Waals surface area contributed by atoms with Gasteiger partial charge in [-0.05, 0) is 48.0 Å². The molecular formula is C24H20N4O2. The molecule has 1 aromatic heterocycles. The maximum atomic E-state index is 9.74. The fourth-order valence-electron chi connectivity index (χ4n) is 2.91. The molecule has 6 nitrogen and oxygen atoms in total. The summed E-state index contributed by atoms with van der Waals surface area (Å²) in [6.07, 6.45) is 1.63. The third-order valence-electron chi connectivity index (χ3n) is 4.43. The minimum Gasteiger partial charge on any atom is -0.504 e. The molecule has 0 atom stereocenters. The number of ether oxygens (including phenoxy) is 1. The van der Waals surface area contributed by atoms with Gasteiger partial charge in [0, 0.05) is 5.39 Å². The molecule has 4 rings (SSSR count). The second-order valence-corrected chi connectivity index (χ2v) is 6.49. The van der Waals surface area contributed by atoms with Crippen LogP contribution in [0.3, 0.4) is 0 Å². The van der Waals surface area contributed by atoms with E-state index in [9.17, 15) is 5.11 Å². The van der Waals surface area contributed by atoms with Gasteiger partial charge < -0.3 is 9.84 Å². The van der Waals surface area contributed by atoms with E-state index in [4.69, 9.17) is 9.72 Å². The van der Waals surface area contributed by atoms with Crippen molar-refractivity contribution in [2.24, 2.45) is 10.1 Å². The van der Waals surface area contributed by atoms with Gasteiger partial charge in [-0.1, -0.05) is 42.5 Å². The Kier molecular flexibility index (Phi) is 5.66. The summed E-state index contributed by atoms with van der Waals surface area (Å²) in [5.74, 6) is 0.983. The van der Waals surface area contributed by atoms with E-state index < -0.39 is 0 Å². The van der Waals surface area contributed by atoms with Crippen molar-refractivity contribution in [3.05, 3.63) is 96.2 Å². The first kappa shape index (κ1) is 19.1. The molecule has 1 heterocycles. The summed E-state index contributed by atoms with van der Waals surface area (Å²) in [5, 5.41) is 15.1. The first-order chi connectivity index (χ1) is 14.7. The van der Waals surface area contributed by atoms with E-state index in [1.807, 2.05) is 66.7 Å². The average molecular weight is 396 g/mol. The highest BCUT2D eigenvalue weighted by Crippen LogP contribution is 2.25. The van der Waals surface area contributed by atoms with E-state index in [0.29, 0.717) is 17.3 Å². The Morgan fingerprint density at radius 3 is 2.60 bits per heavy atom. The van der Waals surface area contributed by atoms with Crippen molar-refractivity contribution in [1.29, 1.82) is 0 Å². The zero-order valence-electron chi connectivity index (χ0n) is 16.4. The molecule has 148 valence electrons. The van der Waals surface area contributed by atoms with Crippen LogP contribution in [0.2, 0.25) is 0 Å². The van der Waals surface area contributed by atoms with Gasteiger partial charge in [-0.3, -0.25) is 5.43 Å². The van der Waals surface area contributed by atoms with Gasteiger partial charge in [0.15, 0.2) is 17.3 Å². The predicted molar refractivity (Wildman–Crippen MR) is 120 cm³/mol. The number of aromatic nitrogens is 1. The minimum atomic E-state index is 0.0781. The van der Waals surface area contributed by atoms with E-state index in [1.54, 1.807) is 24.4 Å². The van der Waals surface area contributed by atoms with Gasteiger partial charge in [0.05, 0.1) is 24.5 Å². The van der Waals surface area contributed by atoms with E-state index in [-0.39, 0.29) is 5.75 Å². The molecule has 0 aliphatic heterocycles. The quantitative estimate of drug-likeness (QED) is 0.292. The molecular weight excluding hydrogens is 376 g/mol. The van der Waals surface area contributed by atoms with Gasteiger partial charge in [0.1, 0.15) is 5.69 Å². The number of methoxy groups -OCH3 is 1. The zero-order valence-corrected chi connectivity index (χ0v) is 16.4. The van der Waals surface area contributed by atoms with Crippen LogP contribution in [0.15, 0.2) is 95.0 Å². The number of para-hydroxylation sites is 2. The van der Waals surface area contributed by atoms with Crippen LogP contribution in [0.1, 0.15) is 11.3 Å². The second kappa shape index (κ2) is 8.87. The third kappa shape index (κ3) is 4.44. The van der Waals surface area contributed by atoms with Gasteiger partial charge in [-0.25, -0.2) is 9.98 Å². The maximum Gasteiger partial charge on any atom is 0.173 e. The molecule has 6 heteroatoms. The molecule has 0 aliphatic rings. The Balaban J connectivity index is 1.66. The number of nitrogens with one attached hydrogen (secondary N) is 1. The Morgan fingerprint density at radius 2 is 1.77 bits per heavy atom. The highest BCUT2D eigenvalue weighted by Gasteiger charge is 2.07. The summed E-state index contributed by atoms with van der Waals surface area (Å²) in [6, 6.07) is 26.5. The van der Waals surface area contributed by atoms with Gasteiger partial charge in [0.25, 0.3) is 0 Å². The topological polar surface area (TPSA) is 79.1 Å². The summed E-state index contributed by atoms with van der Waals surface area (Å²) < 4.78 is 5.14. The number of phenolic OH excluding ortho intramolecular Hbond substituents is 1. The lowest BCUT2D eigenvalue weighted by Gasteiger charge is -2.07. The number of amidine groups is 1. The van der Waals surface area contributed by atoms with Crippen LogP contribution in [0.25, 0.3) is 10.9 Å². The SMILES string of the molecule is COc1cc(/C=N/NC(=Nc2ccccc2)c2ccc3ccccc3n2)ccc1O. The van der Waals surface area contributed by atoms with Gasteiger partial charge >= 0.3 is 0 Å². The summed E-state index contributed by atoms with van der Waals surface area (Å²) in [4.78, 5) is 9.40. The number of hydrogen-bond donors (Lipinski definition) is 2. The first-order valence-corrected chi connectivity index (χ1v) is 9.39. The lowest BCUT2D eigenvalue weighted by atomic mass is 10.2. The van der Waals surface area contributed by atoms with Crippen molar-refractivity contribution >= 4 is 28.6 Å². The highest BCUT2D eigenvalue weighted by molar-refractivity contribution is 6.00. The molecule has 0 unspecified atom stereocenters. The molecule has 0 fully saturated rings. The van der Waals surface area contributed by atoms with Crippen LogP contribution in [-0.4, -0.2) is 29.3 Å². The number of aromatic hydroxyl groups is 1. The predicted octanol–water partition coefficient (Wildman–Crippen LogP) is 4.65. The van der Waals surface area contributed by atoms with Crippen molar-refractivity contribution in [3.63, 3.8) is 0 Å². The first-order valence-electron chi connectivity index (χ1n) is 9.39. The van der Waals surface area contributed by atoms with Crippen molar-refractivity contribution in [3.8, 4) is 11.5 Å². The molecule has 30 heavy (non-hydrogen) atoms. The van der Waals surface area contributed by atoms with Crippen LogP contribution < -0.4 is 10.2 Å². The van der Waals surface area contributed by atoms with E-state index in [1.165, 1.54) is 7.11 Å². The number of hydrazone groups is 1. The Labute approximate surface area is 174 Å². The Hall–Kier alpha value is -4.19. The molecule has 0 radical (unpaired) electrons. The number of hydrogen-bond acceptors (Lipinski definition) is 5. The number of benzene rings is 3. The molecule has 0 saturated carbocycles. The smallest absolute Gasteiger partial charge is 0.173 e. The van der Waals surface area contributed by atoms with Crippen LogP contribution in [0.5, 0.6) is 11.5 Å². The van der Waals surface area contributed by atoms with Crippen LogP contribution >= 0.6 is 0 Å². The molecule has 0 bridgehead atoms. The number of nitrogens with zero attached hydrogens (tertiary/aromatic N) is 3. The largest absolute Gasteiger partial charge is 0.504 e. The molecule has 0 amide bonds. The Morgan fingerprint density at radius 1 is 0.967 bits per heavy atom. The van der Waals surface area contributed by atoms with E-state index in [0.717, 1.165) is 22.2 Å². The standard InChI is InChI=1S/C24H20N4O2/c1-30-23-15-17(11-14-22(23)29)16-25-28-24(26-19-8-3-2-4-9-19)21-13-12-18-7-5-6-10-20(18)27-21/h2-16,29H,1H3,(H,26,28)/b25-16+. The maximum absolute atomic E-state index is 9.74. The van der Waals surface area contributed by atoms with Crippen molar-refractivity contribution in [2.45, 2.75) is 0 Å². The van der Waals surface area contributed by atoms with Gasteiger partial charge in [-0.15, -0.1) is 0 Å². The average Bonchev–Trinajstić information content (AvgIpc) is 2.80. The second-order valence-electron chi connectivity index (χ2n) is 6.49. The minimum absolute atomic E-state index is 0.0781. The van der Waals surface area contributed by atoms with Crippen LogP contribution in [-0.2, 0) is 0 Å². The highest BCUT2D eigenvalue weighted by atomic mass is 16.5. The van der Waals surface area contributed by atoms with Gasteiger partial charge in [-0.2, -0.15) is 5.10 Å². The molecule has 4 aromatic rings. The lowest BCUT2D eigenvalue weighted by molar-refractivity contribution is 0.373. The monoisotopic (exact) mass is 396 g/mol. The fourth-order valence-corrected chi connectivity index (χ4v) is 2.91. The summed E-state index contributed by atoms with van der Waals surface area (Å²) in [5.41, 5.74) is 6.12. The molecule has 2 N–H and O–H groups in total. The molecule has 0 spiro atoms. The summed E-state index contributed by atoms with van der Waals surface area (Å²) >= 11 is 0. The van der Waals surface area contributed by atoms with Crippen molar-refractivity contribution in [1.82, 2.24) is 10.4 Å². The normalized spacial score (nSPS) is 11.7. The third-order valence-corrected chi connectivity index (χ3v) is 4.43. The van der Waals surface area contributed by atoms with Crippen molar-refractivity contribution in [2.75, 3.05) is 7.11 Å². The fraction of sp³-hybridized carbons (Fsp3) is 0.0417. The van der Waals surface area contributed by atoms with Crippen molar-refractivity contribution < 1.29 is 9.84 Å². The van der Waals surface area contributed by atoms with Crippen LogP contribution in [0.4, 0.5) is 5.69 Å². The van der Waals surface area contributed by atoms with Crippen LogP contribution in [0, 0.1) is 0 Å². The van der Waals surface area contributed by atoms with Gasteiger partial charge in [0.2, 0.25) is 0 Å². The number of aliphatic imine (C=N–C) groups is 1. The summed E-state index contributed by atoms with van der Waals surface area (Å²) in [6.45, 7) is 0.